The third kappa shape index (κ3) is 2.58. The average molecular weight is 255 g/mol. The summed E-state index contributed by atoms with van der Waals surface area (Å²) in [7, 11) is 0. The molecule has 0 bridgehead atoms. The van der Waals surface area contributed by atoms with Crippen LogP contribution in [0.4, 0.5) is 5.82 Å². The Hall–Kier alpha value is -1.94. The van der Waals surface area contributed by atoms with Gasteiger partial charge in [0.2, 0.25) is 0 Å². The van der Waals surface area contributed by atoms with Crippen LogP contribution < -0.4 is 4.90 Å². The number of nitrogens with zero attached hydrogens (tertiary/aromatic N) is 3. The van der Waals surface area contributed by atoms with Crippen molar-refractivity contribution in [3.8, 4) is 0 Å². The highest BCUT2D eigenvalue weighted by molar-refractivity contribution is 5.42. The summed E-state index contributed by atoms with van der Waals surface area (Å²) in [5.41, 5.74) is 1.26. The van der Waals surface area contributed by atoms with Gasteiger partial charge in [0.1, 0.15) is 11.6 Å². The molecule has 4 heteroatoms. The van der Waals surface area contributed by atoms with Crippen LogP contribution in [0.15, 0.2) is 42.6 Å². The quantitative estimate of drug-likeness (QED) is 0.825. The van der Waals surface area contributed by atoms with Crippen molar-refractivity contribution in [3.05, 3.63) is 54.0 Å². The fourth-order valence-corrected chi connectivity index (χ4v) is 2.43. The van der Waals surface area contributed by atoms with Crippen LogP contribution in [0, 0.1) is 6.92 Å². The van der Waals surface area contributed by atoms with Gasteiger partial charge < -0.3 is 9.64 Å². The molecule has 98 valence electrons. The van der Waals surface area contributed by atoms with Gasteiger partial charge in [-0.3, -0.25) is 0 Å². The minimum absolute atomic E-state index is 0.226. The third-order valence-electron chi connectivity index (χ3n) is 3.37. The maximum Gasteiger partial charge on any atom is 0.132 e. The number of aryl methyl sites for hydroxylation is 1. The van der Waals surface area contributed by atoms with Crippen molar-refractivity contribution in [3.63, 3.8) is 0 Å². The molecule has 0 radical (unpaired) electrons. The number of anilines is 1. The fourth-order valence-electron chi connectivity index (χ4n) is 2.43. The molecule has 0 unspecified atom stereocenters. The SMILES string of the molecule is Cc1nccc(N2CCOC[C@@H]2c2ccccc2)n1. The number of aromatic nitrogens is 2. The van der Waals surface area contributed by atoms with Crippen molar-refractivity contribution >= 4 is 5.82 Å². The largest absolute Gasteiger partial charge is 0.377 e. The molecule has 3 rings (SSSR count). The number of hydrogen-bond donors (Lipinski definition) is 0. The number of hydrogen-bond acceptors (Lipinski definition) is 4. The van der Waals surface area contributed by atoms with Crippen LogP contribution in [-0.2, 0) is 4.74 Å². The Balaban J connectivity index is 1.93. The number of benzene rings is 1. The van der Waals surface area contributed by atoms with E-state index in [1.807, 2.05) is 25.3 Å². The normalized spacial score (nSPS) is 19.4. The highest BCUT2D eigenvalue weighted by Gasteiger charge is 2.25. The van der Waals surface area contributed by atoms with Gasteiger partial charge in [-0.05, 0) is 18.6 Å². The van der Waals surface area contributed by atoms with E-state index < -0.39 is 0 Å². The van der Waals surface area contributed by atoms with E-state index in [1.165, 1.54) is 5.56 Å². The number of rotatable bonds is 2. The average Bonchev–Trinajstić information content (AvgIpc) is 2.48. The van der Waals surface area contributed by atoms with E-state index in [9.17, 15) is 0 Å². The molecule has 4 nitrogen and oxygen atoms in total. The predicted octanol–water partition coefficient (Wildman–Crippen LogP) is 2.36. The van der Waals surface area contributed by atoms with E-state index in [-0.39, 0.29) is 6.04 Å². The fraction of sp³-hybridized carbons (Fsp3) is 0.333. The molecule has 1 fully saturated rings. The maximum absolute atomic E-state index is 5.63. The van der Waals surface area contributed by atoms with E-state index in [0.29, 0.717) is 6.61 Å². The first kappa shape index (κ1) is 12.1. The highest BCUT2D eigenvalue weighted by atomic mass is 16.5. The van der Waals surface area contributed by atoms with Crippen LogP contribution in [0.3, 0.4) is 0 Å². The zero-order valence-electron chi connectivity index (χ0n) is 11.0. The molecule has 19 heavy (non-hydrogen) atoms. The van der Waals surface area contributed by atoms with E-state index >= 15 is 0 Å². The third-order valence-corrected chi connectivity index (χ3v) is 3.37. The lowest BCUT2D eigenvalue weighted by Crippen LogP contribution is -2.40. The lowest BCUT2D eigenvalue weighted by molar-refractivity contribution is 0.0937. The second kappa shape index (κ2) is 5.36. The second-order valence-electron chi connectivity index (χ2n) is 4.66. The molecular weight excluding hydrogens is 238 g/mol. The van der Waals surface area contributed by atoms with Crippen LogP contribution in [0.2, 0.25) is 0 Å². The predicted molar refractivity (Wildman–Crippen MR) is 74.1 cm³/mol. The molecule has 0 aliphatic carbocycles. The smallest absolute Gasteiger partial charge is 0.132 e. The molecule has 1 saturated heterocycles. The molecule has 2 aromatic rings. The standard InChI is InChI=1S/C15H17N3O/c1-12-16-8-7-15(17-12)18-9-10-19-11-14(18)13-5-3-2-4-6-13/h2-8,14H,9-11H2,1H3/t14-/m1/s1. The number of ether oxygens (including phenoxy) is 1. The first-order valence-corrected chi connectivity index (χ1v) is 6.53. The summed E-state index contributed by atoms with van der Waals surface area (Å²) in [4.78, 5) is 11.0. The Kier molecular flexibility index (Phi) is 3.42. The molecular formula is C15H17N3O. The van der Waals surface area contributed by atoms with Crippen molar-refractivity contribution in [2.24, 2.45) is 0 Å². The van der Waals surface area contributed by atoms with Gasteiger partial charge in [0, 0.05) is 12.7 Å². The summed E-state index contributed by atoms with van der Waals surface area (Å²) in [6.45, 7) is 4.22. The van der Waals surface area contributed by atoms with Crippen LogP contribution in [0.25, 0.3) is 0 Å². The van der Waals surface area contributed by atoms with Crippen LogP contribution in [0.5, 0.6) is 0 Å². The van der Waals surface area contributed by atoms with Gasteiger partial charge in [-0.15, -0.1) is 0 Å². The Bertz CT molecular complexity index is 544. The van der Waals surface area contributed by atoms with Crippen LogP contribution in [-0.4, -0.2) is 29.7 Å². The van der Waals surface area contributed by atoms with Gasteiger partial charge >= 0.3 is 0 Å². The summed E-state index contributed by atoms with van der Waals surface area (Å²) < 4.78 is 5.63. The van der Waals surface area contributed by atoms with Crippen LogP contribution in [0.1, 0.15) is 17.4 Å². The number of morpholine rings is 1. The first-order valence-electron chi connectivity index (χ1n) is 6.53. The summed E-state index contributed by atoms with van der Waals surface area (Å²) in [5, 5.41) is 0. The van der Waals surface area contributed by atoms with Crippen molar-refractivity contribution < 1.29 is 4.74 Å². The van der Waals surface area contributed by atoms with Gasteiger partial charge in [-0.2, -0.15) is 0 Å². The molecule has 1 aliphatic rings. The van der Waals surface area contributed by atoms with E-state index in [1.54, 1.807) is 0 Å². The molecule has 0 amide bonds. The van der Waals surface area contributed by atoms with Crippen molar-refractivity contribution in [2.75, 3.05) is 24.7 Å². The summed E-state index contributed by atoms with van der Waals surface area (Å²) in [6, 6.07) is 12.6. The van der Waals surface area contributed by atoms with Gasteiger partial charge in [0.25, 0.3) is 0 Å². The van der Waals surface area contributed by atoms with Gasteiger partial charge in [0.05, 0.1) is 19.3 Å². The minimum atomic E-state index is 0.226. The molecule has 1 atom stereocenters. The Labute approximate surface area is 113 Å². The van der Waals surface area contributed by atoms with Crippen LogP contribution >= 0.6 is 0 Å². The van der Waals surface area contributed by atoms with E-state index in [2.05, 4.69) is 39.1 Å². The zero-order chi connectivity index (χ0) is 13.1. The van der Waals surface area contributed by atoms with Crippen molar-refractivity contribution in [2.45, 2.75) is 13.0 Å². The van der Waals surface area contributed by atoms with Gasteiger partial charge in [-0.25, -0.2) is 9.97 Å². The molecule has 1 aromatic carbocycles. The summed E-state index contributed by atoms with van der Waals surface area (Å²) >= 11 is 0. The molecule has 2 heterocycles. The lowest BCUT2D eigenvalue weighted by Gasteiger charge is -2.36. The summed E-state index contributed by atoms with van der Waals surface area (Å²) in [5.74, 6) is 1.78. The molecule has 1 aliphatic heterocycles. The first-order chi connectivity index (χ1) is 9.34. The molecule has 0 spiro atoms. The van der Waals surface area contributed by atoms with Gasteiger partial charge in [-0.1, -0.05) is 30.3 Å². The topological polar surface area (TPSA) is 38.2 Å². The van der Waals surface area contributed by atoms with Gasteiger partial charge in [0.15, 0.2) is 0 Å². The van der Waals surface area contributed by atoms with Crippen molar-refractivity contribution in [1.29, 1.82) is 0 Å². The molecule has 0 saturated carbocycles. The maximum atomic E-state index is 5.63. The lowest BCUT2D eigenvalue weighted by atomic mass is 10.1. The Morgan fingerprint density at radius 2 is 2.05 bits per heavy atom. The monoisotopic (exact) mass is 255 g/mol. The molecule has 1 aromatic heterocycles. The zero-order valence-corrected chi connectivity index (χ0v) is 11.0. The highest BCUT2D eigenvalue weighted by Crippen LogP contribution is 2.28. The van der Waals surface area contributed by atoms with E-state index in [0.717, 1.165) is 24.8 Å². The van der Waals surface area contributed by atoms with Crippen molar-refractivity contribution in [1.82, 2.24) is 9.97 Å². The minimum Gasteiger partial charge on any atom is -0.377 e. The van der Waals surface area contributed by atoms with E-state index in [4.69, 9.17) is 4.74 Å². The Morgan fingerprint density at radius 3 is 2.84 bits per heavy atom. The Morgan fingerprint density at radius 1 is 1.21 bits per heavy atom. The molecule has 0 N–H and O–H groups in total. The summed E-state index contributed by atoms with van der Waals surface area (Å²) in [6.07, 6.45) is 1.81. The second-order valence-corrected chi connectivity index (χ2v) is 4.66.